The fourth-order valence-electron chi connectivity index (χ4n) is 2.93. The number of esters is 1. The number of ether oxygens (including phenoxy) is 2. The molecule has 2 aromatic heterocycles. The molecule has 2 heterocycles. The molecule has 0 saturated carbocycles. The molecule has 0 aliphatic rings. The summed E-state index contributed by atoms with van der Waals surface area (Å²) >= 11 is 1.32. The molecule has 0 fully saturated rings. The summed E-state index contributed by atoms with van der Waals surface area (Å²) in [5.41, 5.74) is 2.54. The lowest BCUT2D eigenvalue weighted by Crippen LogP contribution is -2.21. The number of hydrogen-bond acceptors (Lipinski definition) is 7. The number of hydrogen-bond donors (Lipinski definition) is 1. The number of aryl methyl sites for hydroxylation is 1. The highest BCUT2D eigenvalue weighted by molar-refractivity contribution is 7.22. The second kappa shape index (κ2) is 7.84. The van der Waals surface area contributed by atoms with Gasteiger partial charge in [0.25, 0.3) is 5.91 Å². The summed E-state index contributed by atoms with van der Waals surface area (Å²) in [5.74, 6) is -0.317. The number of anilines is 1. The molecule has 146 valence electrons. The highest BCUT2D eigenvalue weighted by atomic mass is 32.1. The Morgan fingerprint density at radius 2 is 1.90 bits per heavy atom. The van der Waals surface area contributed by atoms with Crippen LogP contribution in [-0.2, 0) is 9.53 Å². The van der Waals surface area contributed by atoms with Crippen LogP contribution < -0.4 is 10.1 Å². The lowest BCUT2D eigenvalue weighted by molar-refractivity contribution is -0.119. The van der Waals surface area contributed by atoms with Crippen LogP contribution in [0.4, 0.5) is 5.13 Å². The van der Waals surface area contributed by atoms with Gasteiger partial charge in [-0.15, -0.1) is 0 Å². The first-order valence-corrected chi connectivity index (χ1v) is 9.63. The smallest absolute Gasteiger partial charge is 0.339 e. The first kappa shape index (κ1) is 18.8. The number of para-hydroxylation sites is 1. The van der Waals surface area contributed by atoms with E-state index in [1.807, 2.05) is 30.3 Å². The molecule has 4 rings (SSSR count). The van der Waals surface area contributed by atoms with E-state index in [0.29, 0.717) is 33.0 Å². The summed E-state index contributed by atoms with van der Waals surface area (Å²) in [6, 6.07) is 14.4. The minimum Gasteiger partial charge on any atom is -0.497 e. The Kier molecular flexibility index (Phi) is 5.09. The van der Waals surface area contributed by atoms with Crippen LogP contribution in [0.1, 0.15) is 16.1 Å². The van der Waals surface area contributed by atoms with Gasteiger partial charge in [-0.1, -0.05) is 29.5 Å². The number of thiazole rings is 1. The van der Waals surface area contributed by atoms with Crippen molar-refractivity contribution < 1.29 is 19.1 Å². The fourth-order valence-corrected chi connectivity index (χ4v) is 3.84. The zero-order valence-corrected chi connectivity index (χ0v) is 16.6. The third-order valence-electron chi connectivity index (χ3n) is 4.24. The van der Waals surface area contributed by atoms with Crippen LogP contribution in [-0.4, -0.2) is 35.6 Å². The minimum atomic E-state index is -0.573. The van der Waals surface area contributed by atoms with Gasteiger partial charge in [0.05, 0.1) is 28.4 Å². The summed E-state index contributed by atoms with van der Waals surface area (Å²) in [4.78, 5) is 33.5. The number of nitrogens with one attached hydrogen (secondary N) is 1. The van der Waals surface area contributed by atoms with Gasteiger partial charge in [0, 0.05) is 11.1 Å². The number of fused-ring (bicyclic) bond motifs is 2. The van der Waals surface area contributed by atoms with Crippen LogP contribution in [0.3, 0.4) is 0 Å². The number of methoxy groups -OCH3 is 1. The van der Waals surface area contributed by atoms with E-state index in [0.717, 1.165) is 10.2 Å². The fraction of sp³-hybridized carbons (Fsp3) is 0.143. The van der Waals surface area contributed by atoms with Gasteiger partial charge < -0.3 is 9.47 Å². The van der Waals surface area contributed by atoms with E-state index in [2.05, 4.69) is 15.3 Å². The number of nitrogens with zero attached hydrogens (tertiary/aromatic N) is 2. The molecule has 1 amide bonds. The van der Waals surface area contributed by atoms with Crippen molar-refractivity contribution in [1.82, 2.24) is 9.97 Å². The highest BCUT2D eigenvalue weighted by Crippen LogP contribution is 2.29. The van der Waals surface area contributed by atoms with Crippen LogP contribution >= 0.6 is 11.3 Å². The Hall–Kier alpha value is -3.52. The number of aromatic nitrogens is 2. The van der Waals surface area contributed by atoms with Crippen molar-refractivity contribution in [3.05, 3.63) is 59.8 Å². The van der Waals surface area contributed by atoms with E-state index in [9.17, 15) is 9.59 Å². The van der Waals surface area contributed by atoms with E-state index < -0.39 is 18.5 Å². The van der Waals surface area contributed by atoms with Crippen LogP contribution in [0.5, 0.6) is 5.75 Å². The molecule has 1 N–H and O–H groups in total. The molecule has 0 saturated heterocycles. The molecular formula is C21H17N3O4S. The Morgan fingerprint density at radius 1 is 1.07 bits per heavy atom. The average molecular weight is 407 g/mol. The predicted octanol–water partition coefficient (Wildman–Crippen LogP) is 3.96. The van der Waals surface area contributed by atoms with Crippen LogP contribution in [0.25, 0.3) is 21.1 Å². The summed E-state index contributed by atoms with van der Waals surface area (Å²) < 4.78 is 11.3. The summed E-state index contributed by atoms with van der Waals surface area (Å²) in [6.07, 6.45) is 0. The van der Waals surface area contributed by atoms with Gasteiger partial charge in [-0.2, -0.15) is 0 Å². The standard InChI is InChI=1S/C21H17N3O4S/c1-12-9-15(14-5-3-4-6-16(14)22-12)20(26)28-11-19(25)24-21-23-17-8-7-13(27-2)10-18(17)29-21/h3-10H,11H2,1-2H3,(H,23,24,25). The number of rotatable bonds is 5. The van der Waals surface area contributed by atoms with E-state index in [-0.39, 0.29) is 0 Å². The molecule has 7 nitrogen and oxygen atoms in total. The maximum Gasteiger partial charge on any atom is 0.339 e. The molecular weight excluding hydrogens is 390 g/mol. The molecule has 0 aliphatic heterocycles. The van der Waals surface area contributed by atoms with Gasteiger partial charge in [-0.25, -0.2) is 9.78 Å². The Balaban J connectivity index is 1.44. The molecule has 0 radical (unpaired) electrons. The number of carbonyl (C=O) groups is 2. The molecule has 29 heavy (non-hydrogen) atoms. The number of amides is 1. The van der Waals surface area contributed by atoms with Gasteiger partial charge in [-0.3, -0.25) is 15.1 Å². The normalized spacial score (nSPS) is 10.8. The molecule has 0 bridgehead atoms. The van der Waals surface area contributed by atoms with Gasteiger partial charge in [0.15, 0.2) is 11.7 Å². The highest BCUT2D eigenvalue weighted by Gasteiger charge is 2.16. The van der Waals surface area contributed by atoms with Crippen molar-refractivity contribution in [2.45, 2.75) is 6.92 Å². The van der Waals surface area contributed by atoms with Gasteiger partial charge >= 0.3 is 5.97 Å². The predicted molar refractivity (Wildman–Crippen MR) is 112 cm³/mol. The second-order valence-corrected chi connectivity index (χ2v) is 7.34. The number of benzene rings is 2. The Morgan fingerprint density at radius 3 is 2.72 bits per heavy atom. The van der Waals surface area contributed by atoms with E-state index >= 15 is 0 Å². The SMILES string of the molecule is COc1ccc2nc(NC(=O)COC(=O)c3cc(C)nc4ccccc34)sc2c1. The average Bonchev–Trinajstić information content (AvgIpc) is 3.12. The lowest BCUT2D eigenvalue weighted by atomic mass is 10.1. The lowest BCUT2D eigenvalue weighted by Gasteiger charge is -2.08. The zero-order chi connectivity index (χ0) is 20.4. The quantitative estimate of drug-likeness (QED) is 0.504. The molecule has 0 spiro atoms. The van der Waals surface area contributed by atoms with Crippen LogP contribution in [0.2, 0.25) is 0 Å². The van der Waals surface area contributed by atoms with Gasteiger partial charge in [0.2, 0.25) is 0 Å². The van der Waals surface area contributed by atoms with E-state index in [4.69, 9.17) is 9.47 Å². The molecule has 0 unspecified atom stereocenters. The van der Waals surface area contributed by atoms with Crippen molar-refractivity contribution in [3.63, 3.8) is 0 Å². The summed E-state index contributed by atoms with van der Waals surface area (Å²) in [7, 11) is 1.59. The first-order valence-electron chi connectivity index (χ1n) is 8.81. The molecule has 0 aliphatic carbocycles. The van der Waals surface area contributed by atoms with E-state index in [1.54, 1.807) is 32.2 Å². The minimum absolute atomic E-state index is 0.382. The zero-order valence-electron chi connectivity index (χ0n) is 15.8. The second-order valence-electron chi connectivity index (χ2n) is 6.31. The first-order chi connectivity index (χ1) is 14.0. The van der Waals surface area contributed by atoms with Crippen LogP contribution in [0, 0.1) is 6.92 Å². The maximum atomic E-state index is 12.5. The third-order valence-corrected chi connectivity index (χ3v) is 5.17. The van der Waals surface area contributed by atoms with Crippen molar-refractivity contribution >= 4 is 49.5 Å². The van der Waals surface area contributed by atoms with Gasteiger partial charge in [0.1, 0.15) is 5.75 Å². The molecule has 2 aromatic carbocycles. The molecule has 4 aromatic rings. The summed E-state index contributed by atoms with van der Waals surface area (Å²) in [6.45, 7) is 1.39. The van der Waals surface area contributed by atoms with Crippen LogP contribution in [0.15, 0.2) is 48.5 Å². The topological polar surface area (TPSA) is 90.4 Å². The molecule has 0 atom stereocenters. The van der Waals surface area contributed by atoms with Crippen molar-refractivity contribution in [1.29, 1.82) is 0 Å². The Labute approximate surface area is 170 Å². The van der Waals surface area contributed by atoms with Crippen molar-refractivity contribution in [2.75, 3.05) is 19.0 Å². The number of carbonyl (C=O) groups excluding carboxylic acids is 2. The molecule has 8 heteroatoms. The van der Waals surface area contributed by atoms with E-state index in [1.165, 1.54) is 11.3 Å². The monoisotopic (exact) mass is 407 g/mol. The maximum absolute atomic E-state index is 12.5. The van der Waals surface area contributed by atoms with Gasteiger partial charge in [-0.05, 0) is 37.3 Å². The van der Waals surface area contributed by atoms with Crippen molar-refractivity contribution in [2.24, 2.45) is 0 Å². The Bertz CT molecular complexity index is 1240. The van der Waals surface area contributed by atoms with Crippen molar-refractivity contribution in [3.8, 4) is 5.75 Å². The number of pyridine rings is 1. The summed E-state index contributed by atoms with van der Waals surface area (Å²) in [5, 5.41) is 3.78. The third kappa shape index (κ3) is 4.02. The largest absolute Gasteiger partial charge is 0.497 e.